The van der Waals surface area contributed by atoms with Crippen molar-refractivity contribution in [2.24, 2.45) is 0 Å². The van der Waals surface area contributed by atoms with Crippen LogP contribution >= 0.6 is 7.37 Å². The zero-order valence-electron chi connectivity index (χ0n) is 9.71. The van der Waals surface area contributed by atoms with E-state index in [0.29, 0.717) is 5.30 Å². The third-order valence-electron chi connectivity index (χ3n) is 2.04. The third-order valence-corrected chi connectivity index (χ3v) is 4.54. The van der Waals surface area contributed by atoms with Crippen LogP contribution in [0, 0.1) is 0 Å². The van der Waals surface area contributed by atoms with E-state index in [-0.39, 0.29) is 6.61 Å². The number of benzene rings is 1. The maximum atomic E-state index is 12.5. The van der Waals surface area contributed by atoms with Crippen LogP contribution < -0.4 is 5.30 Å². The van der Waals surface area contributed by atoms with Gasteiger partial charge in [-0.2, -0.15) is 0 Å². The molecule has 1 atom stereocenters. The molecule has 88 valence electrons. The van der Waals surface area contributed by atoms with Gasteiger partial charge in [0.2, 0.25) is 0 Å². The van der Waals surface area contributed by atoms with Gasteiger partial charge in [-0.05, 0) is 19.1 Å². The molecule has 0 aliphatic rings. The number of nitrogens with zero attached hydrogens (tertiary/aromatic N) is 1. The van der Waals surface area contributed by atoms with Crippen LogP contribution in [-0.2, 0) is 9.09 Å². The summed E-state index contributed by atoms with van der Waals surface area (Å²) in [6.07, 6.45) is 0. The van der Waals surface area contributed by atoms with Crippen LogP contribution in [0.4, 0.5) is 4.79 Å². The molecule has 1 aromatic carbocycles. The second-order valence-electron chi connectivity index (χ2n) is 3.48. The van der Waals surface area contributed by atoms with Crippen LogP contribution in [0.2, 0.25) is 0 Å². The van der Waals surface area contributed by atoms with Crippen LogP contribution in [0.25, 0.3) is 0 Å². The lowest BCUT2D eigenvalue weighted by molar-refractivity contribution is 0.231. The summed E-state index contributed by atoms with van der Waals surface area (Å²) in [5.74, 6) is 0. The van der Waals surface area contributed by atoms with E-state index >= 15 is 0 Å². The minimum Gasteiger partial charge on any atom is -0.340 e. The Morgan fingerprint density at radius 1 is 1.31 bits per heavy atom. The first-order chi connectivity index (χ1) is 7.52. The van der Waals surface area contributed by atoms with E-state index in [2.05, 4.69) is 0 Å². The van der Waals surface area contributed by atoms with Gasteiger partial charge in [0, 0.05) is 19.4 Å². The van der Waals surface area contributed by atoms with Gasteiger partial charge in [0.05, 0.1) is 6.61 Å². The van der Waals surface area contributed by atoms with Crippen molar-refractivity contribution in [2.75, 3.05) is 20.7 Å². The number of hydrogen-bond acceptors (Lipinski definition) is 3. The van der Waals surface area contributed by atoms with E-state index < -0.39 is 13.0 Å². The van der Waals surface area contributed by atoms with Gasteiger partial charge in [-0.1, -0.05) is 18.2 Å². The zero-order chi connectivity index (χ0) is 12.2. The topological polar surface area (TPSA) is 46.6 Å². The molecule has 1 aromatic rings. The van der Waals surface area contributed by atoms with Gasteiger partial charge in [-0.25, -0.2) is 0 Å². The van der Waals surface area contributed by atoms with Gasteiger partial charge in [-0.15, -0.1) is 0 Å². The van der Waals surface area contributed by atoms with Crippen LogP contribution in [0.3, 0.4) is 0 Å². The third kappa shape index (κ3) is 2.52. The second-order valence-corrected chi connectivity index (χ2v) is 5.74. The minimum absolute atomic E-state index is 0.242. The fraction of sp³-hybridized carbons (Fsp3) is 0.364. The Balaban J connectivity index is 3.17. The maximum Gasteiger partial charge on any atom is 0.317 e. The van der Waals surface area contributed by atoms with E-state index in [1.807, 2.05) is 0 Å². The average Bonchev–Trinajstić information content (AvgIpc) is 2.29. The maximum absolute atomic E-state index is 12.5. The molecule has 1 rings (SSSR count). The van der Waals surface area contributed by atoms with Crippen molar-refractivity contribution < 1.29 is 13.9 Å². The van der Waals surface area contributed by atoms with Gasteiger partial charge in [0.25, 0.3) is 0 Å². The molecule has 0 heterocycles. The summed E-state index contributed by atoms with van der Waals surface area (Å²) in [6, 6.07) is 8.59. The molecule has 1 amide bonds. The van der Waals surface area contributed by atoms with Gasteiger partial charge < -0.3 is 9.42 Å². The lowest BCUT2D eigenvalue weighted by Gasteiger charge is -2.20. The van der Waals surface area contributed by atoms with E-state index in [1.165, 1.54) is 4.90 Å². The number of rotatable bonds is 4. The molecule has 0 aliphatic carbocycles. The molecule has 0 saturated heterocycles. The predicted molar refractivity (Wildman–Crippen MR) is 64.4 cm³/mol. The highest BCUT2D eigenvalue weighted by atomic mass is 31.2. The van der Waals surface area contributed by atoms with Crippen molar-refractivity contribution in [1.82, 2.24) is 4.90 Å². The van der Waals surface area contributed by atoms with E-state index in [4.69, 9.17) is 4.52 Å². The highest BCUT2D eigenvalue weighted by Gasteiger charge is 2.36. The fourth-order valence-corrected chi connectivity index (χ4v) is 3.24. The quantitative estimate of drug-likeness (QED) is 0.760. The van der Waals surface area contributed by atoms with Crippen molar-refractivity contribution in [1.29, 1.82) is 0 Å². The summed E-state index contributed by atoms with van der Waals surface area (Å²) in [5.41, 5.74) is -0.486. The summed E-state index contributed by atoms with van der Waals surface area (Å²) < 4.78 is 17.7. The first-order valence-electron chi connectivity index (χ1n) is 5.04. The lowest BCUT2D eigenvalue weighted by atomic mass is 10.4. The number of carbonyl (C=O) groups excluding carboxylic acids is 1. The molecule has 16 heavy (non-hydrogen) atoms. The first-order valence-corrected chi connectivity index (χ1v) is 6.67. The van der Waals surface area contributed by atoms with Gasteiger partial charge >= 0.3 is 13.0 Å². The van der Waals surface area contributed by atoms with Crippen LogP contribution in [-0.4, -0.2) is 31.3 Å². The summed E-state index contributed by atoms with van der Waals surface area (Å²) in [4.78, 5) is 13.2. The van der Waals surface area contributed by atoms with Gasteiger partial charge in [0.1, 0.15) is 0 Å². The molecule has 0 saturated carbocycles. The lowest BCUT2D eigenvalue weighted by Crippen LogP contribution is -2.26. The molecular weight excluding hydrogens is 225 g/mol. The van der Waals surface area contributed by atoms with Crippen molar-refractivity contribution in [2.45, 2.75) is 6.92 Å². The predicted octanol–water partition coefficient (Wildman–Crippen LogP) is 2.31. The summed E-state index contributed by atoms with van der Waals surface area (Å²) in [5, 5.41) is 0.440. The smallest absolute Gasteiger partial charge is 0.317 e. The number of amides is 1. The fourth-order valence-electron chi connectivity index (χ4n) is 1.31. The van der Waals surface area contributed by atoms with Crippen molar-refractivity contribution in [3.05, 3.63) is 30.3 Å². The van der Waals surface area contributed by atoms with E-state index in [0.717, 1.165) is 0 Å². The Morgan fingerprint density at radius 2 is 1.88 bits per heavy atom. The highest BCUT2D eigenvalue weighted by Crippen LogP contribution is 2.47. The molecule has 0 radical (unpaired) electrons. The minimum atomic E-state index is -3.43. The second kappa shape index (κ2) is 5.28. The van der Waals surface area contributed by atoms with Gasteiger partial charge in [0.15, 0.2) is 0 Å². The molecule has 0 aliphatic heterocycles. The van der Waals surface area contributed by atoms with E-state index in [9.17, 15) is 9.36 Å². The summed E-state index contributed by atoms with van der Waals surface area (Å²) >= 11 is 0. The largest absolute Gasteiger partial charge is 0.340 e. The normalized spacial score (nSPS) is 14.2. The molecule has 0 N–H and O–H groups in total. The van der Waals surface area contributed by atoms with Gasteiger partial charge in [-0.3, -0.25) is 9.36 Å². The molecule has 5 heteroatoms. The molecule has 0 fully saturated rings. The number of carbonyl (C=O) groups is 1. The molecule has 4 nitrogen and oxygen atoms in total. The average molecular weight is 241 g/mol. The SMILES string of the molecule is CCOP(=O)(C(=O)N(C)C)c1ccccc1. The standard InChI is InChI=1S/C11H16NO3P/c1-4-15-16(14,11(13)12(2)3)10-8-6-5-7-9-10/h5-9H,4H2,1-3H3. The van der Waals surface area contributed by atoms with Crippen molar-refractivity contribution >= 4 is 18.3 Å². The van der Waals surface area contributed by atoms with Crippen molar-refractivity contribution in [3.63, 3.8) is 0 Å². The Kier molecular flexibility index (Phi) is 4.27. The zero-order valence-corrected chi connectivity index (χ0v) is 10.6. The molecule has 0 bridgehead atoms. The number of hydrogen-bond donors (Lipinski definition) is 0. The Bertz CT molecular complexity index is 403. The molecule has 0 aromatic heterocycles. The van der Waals surface area contributed by atoms with Crippen molar-refractivity contribution in [3.8, 4) is 0 Å². The Hall–Kier alpha value is -1.12. The van der Waals surface area contributed by atoms with Crippen LogP contribution in [0.1, 0.15) is 6.92 Å². The first kappa shape index (κ1) is 12.9. The van der Waals surface area contributed by atoms with Crippen LogP contribution in [0.5, 0.6) is 0 Å². The Labute approximate surface area is 95.7 Å². The summed E-state index contributed by atoms with van der Waals surface area (Å²) in [7, 11) is -0.299. The van der Waals surface area contributed by atoms with E-state index in [1.54, 1.807) is 51.4 Å². The molecular formula is C11H16NO3P. The van der Waals surface area contributed by atoms with Crippen LogP contribution in [0.15, 0.2) is 30.3 Å². The Morgan fingerprint density at radius 3 is 2.31 bits per heavy atom. The highest BCUT2D eigenvalue weighted by molar-refractivity contribution is 7.82. The molecule has 0 spiro atoms. The molecule has 1 unspecified atom stereocenters. The monoisotopic (exact) mass is 241 g/mol. The summed E-state index contributed by atoms with van der Waals surface area (Å²) in [6.45, 7) is 1.96.